The van der Waals surface area contributed by atoms with E-state index in [2.05, 4.69) is 36.6 Å². The van der Waals surface area contributed by atoms with E-state index in [1.54, 1.807) is 0 Å². The molecule has 3 rings (SSSR count). The Morgan fingerprint density at radius 1 is 1.35 bits per heavy atom. The molecule has 1 saturated carbocycles. The number of halogens is 1. The quantitative estimate of drug-likeness (QED) is 0.922. The van der Waals surface area contributed by atoms with Gasteiger partial charge < -0.3 is 5.32 Å². The van der Waals surface area contributed by atoms with Crippen LogP contribution in [-0.2, 0) is 0 Å². The Kier molecular flexibility index (Phi) is 4.02. The van der Waals surface area contributed by atoms with Crippen molar-refractivity contribution in [2.45, 2.75) is 30.6 Å². The van der Waals surface area contributed by atoms with Gasteiger partial charge in [0.05, 0.1) is 0 Å². The minimum Gasteiger partial charge on any atom is -0.350 e. The van der Waals surface area contributed by atoms with Crippen LogP contribution in [0.2, 0.25) is 5.28 Å². The average Bonchev–Trinajstić information content (AvgIpc) is 3.08. The normalized spacial score (nSPS) is 22.1. The van der Waals surface area contributed by atoms with Crippen molar-refractivity contribution in [1.29, 1.82) is 0 Å². The lowest BCUT2D eigenvalue weighted by molar-refractivity contribution is 0.741. The number of anilines is 1. The zero-order valence-electron chi connectivity index (χ0n) is 10.9. The van der Waals surface area contributed by atoms with Gasteiger partial charge in [0.2, 0.25) is 11.2 Å². The van der Waals surface area contributed by atoms with Crippen LogP contribution in [0.1, 0.15) is 19.3 Å². The molecule has 7 nitrogen and oxygen atoms in total. The van der Waals surface area contributed by atoms with E-state index >= 15 is 0 Å². The summed E-state index contributed by atoms with van der Waals surface area (Å²) >= 11 is 7.83. The first-order valence-electron chi connectivity index (χ1n) is 6.32. The third kappa shape index (κ3) is 2.85. The first kappa shape index (κ1) is 13.6. The van der Waals surface area contributed by atoms with Gasteiger partial charge in [-0.25, -0.2) is 4.98 Å². The summed E-state index contributed by atoms with van der Waals surface area (Å²) in [4.78, 5) is 16.4. The second-order valence-electron chi connectivity index (χ2n) is 4.52. The van der Waals surface area contributed by atoms with Crippen molar-refractivity contribution in [3.05, 3.63) is 17.9 Å². The number of aromatic nitrogens is 6. The van der Waals surface area contributed by atoms with Crippen molar-refractivity contribution in [1.82, 2.24) is 29.7 Å². The molecule has 2 aromatic heterocycles. The number of nitrogens with zero attached hydrogens (tertiary/aromatic N) is 6. The molecule has 0 aliphatic heterocycles. The SMILES string of the molecule is CSC1CCCC1Nc1nc(Cl)nc(-n2cncn2)n1. The minimum absolute atomic E-state index is 0.145. The van der Waals surface area contributed by atoms with Gasteiger partial charge in [-0.3, -0.25) is 0 Å². The minimum atomic E-state index is 0.145. The van der Waals surface area contributed by atoms with E-state index in [4.69, 9.17) is 11.6 Å². The van der Waals surface area contributed by atoms with E-state index in [-0.39, 0.29) is 5.28 Å². The lowest BCUT2D eigenvalue weighted by Crippen LogP contribution is -2.27. The molecule has 9 heteroatoms. The van der Waals surface area contributed by atoms with Crippen LogP contribution in [0, 0.1) is 0 Å². The zero-order chi connectivity index (χ0) is 13.9. The molecule has 1 aliphatic carbocycles. The van der Waals surface area contributed by atoms with E-state index in [9.17, 15) is 0 Å². The molecule has 0 spiro atoms. The number of hydrogen-bond acceptors (Lipinski definition) is 7. The fourth-order valence-electron chi connectivity index (χ4n) is 2.36. The van der Waals surface area contributed by atoms with Crippen molar-refractivity contribution >= 4 is 29.3 Å². The Hall–Kier alpha value is -1.41. The van der Waals surface area contributed by atoms with Crippen LogP contribution < -0.4 is 5.32 Å². The summed E-state index contributed by atoms with van der Waals surface area (Å²) in [6.45, 7) is 0. The van der Waals surface area contributed by atoms with Gasteiger partial charge in [0.1, 0.15) is 12.7 Å². The van der Waals surface area contributed by atoms with Gasteiger partial charge in [-0.15, -0.1) is 0 Å². The molecule has 2 aromatic rings. The van der Waals surface area contributed by atoms with Gasteiger partial charge in [-0.1, -0.05) is 6.42 Å². The van der Waals surface area contributed by atoms with Gasteiger partial charge in [-0.2, -0.15) is 36.5 Å². The number of nitrogens with one attached hydrogen (secondary N) is 1. The van der Waals surface area contributed by atoms with Crippen LogP contribution in [0.15, 0.2) is 12.7 Å². The van der Waals surface area contributed by atoms with Gasteiger partial charge in [0.15, 0.2) is 0 Å². The Balaban J connectivity index is 1.83. The lowest BCUT2D eigenvalue weighted by atomic mass is 10.2. The van der Waals surface area contributed by atoms with Crippen LogP contribution in [0.25, 0.3) is 5.95 Å². The smallest absolute Gasteiger partial charge is 0.258 e. The standard InChI is InChI=1S/C11H14ClN7S/c1-20-8-4-2-3-7(8)15-10-16-9(12)17-11(18-10)19-6-13-5-14-19/h5-8H,2-4H2,1H3,(H,15,16,17,18). The molecule has 20 heavy (non-hydrogen) atoms. The zero-order valence-corrected chi connectivity index (χ0v) is 12.5. The summed E-state index contributed by atoms with van der Waals surface area (Å²) in [5.74, 6) is 0.852. The Morgan fingerprint density at radius 2 is 2.25 bits per heavy atom. The first-order chi connectivity index (χ1) is 9.76. The second kappa shape index (κ2) is 5.92. The molecule has 0 radical (unpaired) electrons. The fraction of sp³-hybridized carbons (Fsp3) is 0.545. The predicted molar refractivity (Wildman–Crippen MR) is 78.3 cm³/mol. The molecule has 1 aliphatic rings. The molecule has 106 valence electrons. The van der Waals surface area contributed by atoms with E-state index in [1.807, 2.05) is 11.8 Å². The number of rotatable bonds is 4. The molecule has 2 heterocycles. The van der Waals surface area contributed by atoms with Crippen LogP contribution in [-0.4, -0.2) is 47.3 Å². The van der Waals surface area contributed by atoms with Crippen molar-refractivity contribution in [2.24, 2.45) is 0 Å². The summed E-state index contributed by atoms with van der Waals surface area (Å²) in [6.07, 6.45) is 8.63. The fourth-order valence-corrected chi connectivity index (χ4v) is 3.45. The third-order valence-corrected chi connectivity index (χ3v) is 4.63. The monoisotopic (exact) mass is 311 g/mol. The highest BCUT2D eigenvalue weighted by molar-refractivity contribution is 7.99. The van der Waals surface area contributed by atoms with E-state index in [1.165, 1.54) is 30.2 Å². The summed E-state index contributed by atoms with van der Waals surface area (Å²) in [7, 11) is 0. The highest BCUT2D eigenvalue weighted by atomic mass is 35.5. The van der Waals surface area contributed by atoms with E-state index < -0.39 is 0 Å². The molecule has 1 N–H and O–H groups in total. The average molecular weight is 312 g/mol. The Labute approximate surface area is 125 Å². The molecular formula is C11H14ClN7S. The van der Waals surface area contributed by atoms with Gasteiger partial charge >= 0.3 is 0 Å². The maximum absolute atomic E-state index is 5.95. The molecule has 0 saturated heterocycles. The lowest BCUT2D eigenvalue weighted by Gasteiger charge is -2.19. The van der Waals surface area contributed by atoms with Crippen molar-refractivity contribution in [3.63, 3.8) is 0 Å². The van der Waals surface area contributed by atoms with Gasteiger partial charge in [0.25, 0.3) is 5.95 Å². The maximum Gasteiger partial charge on any atom is 0.258 e. The third-order valence-electron chi connectivity index (χ3n) is 3.29. The van der Waals surface area contributed by atoms with Crippen LogP contribution >= 0.6 is 23.4 Å². The number of hydrogen-bond donors (Lipinski definition) is 1. The highest BCUT2D eigenvalue weighted by Gasteiger charge is 2.27. The molecule has 1 fully saturated rings. The van der Waals surface area contributed by atoms with Crippen molar-refractivity contribution < 1.29 is 0 Å². The molecular weight excluding hydrogens is 298 g/mol. The summed E-state index contributed by atoms with van der Waals surface area (Å²) in [5.41, 5.74) is 0. The van der Waals surface area contributed by atoms with E-state index in [0.29, 0.717) is 23.2 Å². The molecule has 2 unspecified atom stereocenters. The number of thioether (sulfide) groups is 1. The Morgan fingerprint density at radius 3 is 3.00 bits per heavy atom. The maximum atomic E-state index is 5.95. The first-order valence-corrected chi connectivity index (χ1v) is 7.99. The topological polar surface area (TPSA) is 81.4 Å². The predicted octanol–water partition coefficient (Wildman–Crippen LogP) is 1.80. The van der Waals surface area contributed by atoms with Crippen molar-refractivity contribution in [3.8, 4) is 5.95 Å². The summed E-state index contributed by atoms with van der Waals surface area (Å²) in [5, 5.41) is 8.08. The molecule has 0 bridgehead atoms. The second-order valence-corrected chi connectivity index (χ2v) is 5.94. The molecule has 2 atom stereocenters. The molecule has 0 aromatic carbocycles. The van der Waals surface area contributed by atoms with Gasteiger partial charge in [-0.05, 0) is 30.7 Å². The largest absolute Gasteiger partial charge is 0.350 e. The molecule has 0 amide bonds. The van der Waals surface area contributed by atoms with Crippen LogP contribution in [0.3, 0.4) is 0 Å². The van der Waals surface area contributed by atoms with Crippen LogP contribution in [0.4, 0.5) is 5.95 Å². The summed E-state index contributed by atoms with van der Waals surface area (Å²) < 4.78 is 1.46. The summed E-state index contributed by atoms with van der Waals surface area (Å²) in [6, 6.07) is 0.368. The van der Waals surface area contributed by atoms with Crippen LogP contribution in [0.5, 0.6) is 0 Å². The highest BCUT2D eigenvalue weighted by Crippen LogP contribution is 2.30. The van der Waals surface area contributed by atoms with E-state index in [0.717, 1.165) is 6.42 Å². The van der Waals surface area contributed by atoms with Gasteiger partial charge in [0, 0.05) is 11.3 Å². The van der Waals surface area contributed by atoms with Crippen molar-refractivity contribution in [2.75, 3.05) is 11.6 Å². The Bertz CT molecular complexity index is 576.